The Morgan fingerprint density at radius 3 is 2.52 bits per heavy atom. The van der Waals surface area contributed by atoms with Crippen LogP contribution in [0.15, 0.2) is 64.2 Å². The summed E-state index contributed by atoms with van der Waals surface area (Å²) in [6.07, 6.45) is -3.34. The van der Waals surface area contributed by atoms with E-state index < -0.39 is 22.4 Å². The first-order chi connectivity index (χ1) is 15.5. The van der Waals surface area contributed by atoms with Gasteiger partial charge in [0.15, 0.2) is 0 Å². The SMILES string of the molecule is O=[N+]([O-])c1cc(C(F)(F)F)ccc1N/N=C\c1ccc(OCc2ccc(Cl)cc2Cl)c(Br)c1. The Bertz CT molecular complexity index is 1220. The maximum atomic E-state index is 12.8. The molecule has 0 aliphatic carbocycles. The number of nitrogens with zero attached hydrogens (tertiary/aromatic N) is 2. The van der Waals surface area contributed by atoms with Crippen molar-refractivity contribution in [3.05, 3.63) is 95.9 Å². The molecular formula is C21H13BrCl2F3N3O3. The first-order valence-corrected chi connectivity index (χ1v) is 10.6. The molecule has 0 saturated carbocycles. The lowest BCUT2D eigenvalue weighted by molar-refractivity contribution is -0.384. The van der Waals surface area contributed by atoms with Gasteiger partial charge in [-0.25, -0.2) is 0 Å². The monoisotopic (exact) mass is 561 g/mol. The van der Waals surface area contributed by atoms with Crippen molar-refractivity contribution < 1.29 is 22.8 Å². The van der Waals surface area contributed by atoms with Gasteiger partial charge in [-0.2, -0.15) is 18.3 Å². The van der Waals surface area contributed by atoms with Gasteiger partial charge in [0.05, 0.1) is 21.2 Å². The number of hydrogen-bond acceptors (Lipinski definition) is 5. The molecule has 0 amide bonds. The maximum Gasteiger partial charge on any atom is 0.416 e. The van der Waals surface area contributed by atoms with Gasteiger partial charge in [0.25, 0.3) is 5.69 Å². The van der Waals surface area contributed by atoms with Crippen molar-refractivity contribution in [2.45, 2.75) is 12.8 Å². The minimum Gasteiger partial charge on any atom is -0.488 e. The van der Waals surface area contributed by atoms with Crippen molar-refractivity contribution in [3.8, 4) is 5.75 Å². The molecule has 0 bridgehead atoms. The van der Waals surface area contributed by atoms with E-state index in [-0.39, 0.29) is 12.3 Å². The van der Waals surface area contributed by atoms with Crippen molar-refractivity contribution in [2.24, 2.45) is 5.10 Å². The molecule has 0 aliphatic rings. The maximum absolute atomic E-state index is 12.8. The van der Waals surface area contributed by atoms with Gasteiger partial charge in [0, 0.05) is 21.7 Å². The third-order valence-electron chi connectivity index (χ3n) is 4.27. The van der Waals surface area contributed by atoms with Crippen molar-refractivity contribution in [3.63, 3.8) is 0 Å². The second-order valence-corrected chi connectivity index (χ2v) is 8.27. The molecule has 12 heteroatoms. The molecule has 0 atom stereocenters. The van der Waals surface area contributed by atoms with E-state index in [9.17, 15) is 23.3 Å². The van der Waals surface area contributed by atoms with Crippen LogP contribution < -0.4 is 10.2 Å². The van der Waals surface area contributed by atoms with Crippen LogP contribution in [0.2, 0.25) is 10.0 Å². The zero-order valence-electron chi connectivity index (χ0n) is 16.4. The van der Waals surface area contributed by atoms with Gasteiger partial charge in [-0.15, -0.1) is 0 Å². The number of rotatable bonds is 7. The highest BCUT2D eigenvalue weighted by atomic mass is 79.9. The highest BCUT2D eigenvalue weighted by Crippen LogP contribution is 2.35. The number of alkyl halides is 3. The summed E-state index contributed by atoms with van der Waals surface area (Å²) in [4.78, 5) is 10.2. The molecule has 0 radical (unpaired) electrons. The van der Waals surface area contributed by atoms with E-state index in [4.69, 9.17) is 27.9 Å². The summed E-state index contributed by atoms with van der Waals surface area (Å²) in [5.74, 6) is 0.532. The topological polar surface area (TPSA) is 76.8 Å². The lowest BCUT2D eigenvalue weighted by atomic mass is 10.1. The Labute approximate surface area is 204 Å². The molecule has 3 aromatic rings. The van der Waals surface area contributed by atoms with Gasteiger partial charge >= 0.3 is 6.18 Å². The number of nitro benzene ring substituents is 1. The van der Waals surface area contributed by atoms with Gasteiger partial charge in [0.2, 0.25) is 0 Å². The molecule has 172 valence electrons. The van der Waals surface area contributed by atoms with Crippen LogP contribution in [0.25, 0.3) is 0 Å². The summed E-state index contributed by atoms with van der Waals surface area (Å²) in [6.45, 7) is 0.210. The zero-order valence-corrected chi connectivity index (χ0v) is 19.5. The highest BCUT2D eigenvalue weighted by molar-refractivity contribution is 9.10. The van der Waals surface area contributed by atoms with Crippen LogP contribution in [-0.2, 0) is 12.8 Å². The number of halogens is 6. The van der Waals surface area contributed by atoms with E-state index in [0.717, 1.165) is 17.7 Å². The summed E-state index contributed by atoms with van der Waals surface area (Å²) in [5, 5.41) is 16.0. The number of hydrogen-bond donors (Lipinski definition) is 1. The standard InChI is InChI=1S/C21H13BrCl2F3N3O3/c22-16-7-12(1-6-20(16)33-11-13-2-4-15(23)9-17(13)24)10-28-29-18-5-3-14(21(25,26)27)8-19(18)30(31)32/h1-10,29H,11H2/b28-10-. The molecule has 0 unspecified atom stereocenters. The number of benzene rings is 3. The second-order valence-electron chi connectivity index (χ2n) is 6.57. The van der Waals surface area contributed by atoms with Crippen molar-refractivity contribution in [1.82, 2.24) is 0 Å². The first-order valence-electron chi connectivity index (χ1n) is 9.05. The van der Waals surface area contributed by atoms with E-state index >= 15 is 0 Å². The molecule has 1 N–H and O–H groups in total. The minimum atomic E-state index is -4.69. The lowest BCUT2D eigenvalue weighted by Crippen LogP contribution is -2.06. The molecular weight excluding hydrogens is 550 g/mol. The van der Waals surface area contributed by atoms with E-state index in [1.165, 1.54) is 6.21 Å². The lowest BCUT2D eigenvalue weighted by Gasteiger charge is -2.10. The summed E-state index contributed by atoms with van der Waals surface area (Å²) >= 11 is 15.4. The van der Waals surface area contributed by atoms with E-state index in [0.29, 0.717) is 31.9 Å². The van der Waals surface area contributed by atoms with Crippen molar-refractivity contribution >= 4 is 56.7 Å². The van der Waals surface area contributed by atoms with E-state index in [2.05, 4.69) is 26.5 Å². The molecule has 0 fully saturated rings. The molecule has 0 saturated heterocycles. The van der Waals surface area contributed by atoms with Gasteiger partial charge in [-0.05, 0) is 64.0 Å². The van der Waals surface area contributed by atoms with Crippen molar-refractivity contribution in [1.29, 1.82) is 0 Å². The molecule has 0 aromatic heterocycles. The Hall–Kier alpha value is -2.82. The average Bonchev–Trinajstić information content (AvgIpc) is 2.73. The number of ether oxygens (including phenoxy) is 1. The van der Waals surface area contributed by atoms with Crippen LogP contribution >= 0.6 is 39.1 Å². The smallest absolute Gasteiger partial charge is 0.416 e. The normalized spacial score (nSPS) is 11.6. The largest absolute Gasteiger partial charge is 0.488 e. The van der Waals surface area contributed by atoms with Gasteiger partial charge in [-0.3, -0.25) is 15.5 Å². The first kappa shape index (κ1) is 24.8. The Morgan fingerprint density at radius 2 is 1.88 bits per heavy atom. The fraction of sp³-hybridized carbons (Fsp3) is 0.0952. The summed E-state index contributed by atoms with van der Waals surface area (Å²) in [5.41, 5.74) is 1.71. The second kappa shape index (κ2) is 10.4. The average molecular weight is 563 g/mol. The number of nitrogens with one attached hydrogen (secondary N) is 1. The fourth-order valence-corrected chi connectivity index (χ4v) is 3.61. The molecule has 33 heavy (non-hydrogen) atoms. The molecule has 0 spiro atoms. The van der Waals surface area contributed by atoms with Crippen LogP contribution in [-0.4, -0.2) is 11.1 Å². The Morgan fingerprint density at radius 1 is 1.12 bits per heavy atom. The molecule has 0 aliphatic heterocycles. The van der Waals surface area contributed by atoms with Crippen LogP contribution in [0.4, 0.5) is 24.5 Å². The van der Waals surface area contributed by atoms with Crippen molar-refractivity contribution in [2.75, 3.05) is 5.43 Å². The third-order valence-corrected chi connectivity index (χ3v) is 5.48. The fourth-order valence-electron chi connectivity index (χ4n) is 2.64. The minimum absolute atomic E-state index is 0.178. The van der Waals surface area contributed by atoms with E-state index in [1.54, 1.807) is 36.4 Å². The molecule has 3 aromatic carbocycles. The zero-order chi connectivity index (χ0) is 24.2. The summed E-state index contributed by atoms with van der Waals surface area (Å²) in [6, 6.07) is 12.3. The summed E-state index contributed by atoms with van der Waals surface area (Å²) < 4.78 is 44.7. The highest BCUT2D eigenvalue weighted by Gasteiger charge is 2.33. The number of hydrazone groups is 1. The predicted molar refractivity (Wildman–Crippen MR) is 124 cm³/mol. The third kappa shape index (κ3) is 6.59. The van der Waals surface area contributed by atoms with Crippen LogP contribution in [0, 0.1) is 10.1 Å². The Kier molecular flexibility index (Phi) is 7.83. The number of nitro groups is 1. The van der Waals surface area contributed by atoms with Crippen LogP contribution in [0.1, 0.15) is 16.7 Å². The molecule has 3 rings (SSSR count). The Balaban J connectivity index is 1.68. The quantitative estimate of drug-likeness (QED) is 0.182. The van der Waals surface area contributed by atoms with Gasteiger partial charge in [0.1, 0.15) is 18.0 Å². The van der Waals surface area contributed by atoms with Gasteiger partial charge < -0.3 is 4.74 Å². The number of anilines is 1. The van der Waals surface area contributed by atoms with Crippen LogP contribution in [0.5, 0.6) is 5.75 Å². The molecule has 6 nitrogen and oxygen atoms in total. The predicted octanol–water partition coefficient (Wildman–Crippen LogP) is 7.71. The molecule has 0 heterocycles. The van der Waals surface area contributed by atoms with Gasteiger partial charge in [-0.1, -0.05) is 29.3 Å². The summed E-state index contributed by atoms with van der Waals surface area (Å²) in [7, 11) is 0. The van der Waals surface area contributed by atoms with E-state index in [1.807, 2.05) is 0 Å². The van der Waals surface area contributed by atoms with Crippen LogP contribution in [0.3, 0.4) is 0 Å².